The van der Waals surface area contributed by atoms with E-state index in [-0.39, 0.29) is 24.8 Å². The van der Waals surface area contributed by atoms with Crippen molar-refractivity contribution in [2.45, 2.75) is 50.4 Å². The minimum absolute atomic E-state index is 0.0712. The maximum absolute atomic E-state index is 13.9. The van der Waals surface area contributed by atoms with E-state index in [4.69, 9.17) is 5.41 Å². The van der Waals surface area contributed by atoms with Crippen molar-refractivity contribution in [3.63, 3.8) is 0 Å². The van der Waals surface area contributed by atoms with Crippen LogP contribution in [0.25, 0.3) is 0 Å². The van der Waals surface area contributed by atoms with E-state index in [1.807, 2.05) is 6.07 Å². The fourth-order valence-electron chi connectivity index (χ4n) is 2.72. The quantitative estimate of drug-likeness (QED) is 0.680. The number of hydrogen-bond donors (Lipinski definition) is 1. The van der Waals surface area contributed by atoms with Gasteiger partial charge in [0, 0.05) is 4.47 Å². The topological polar surface area (TPSA) is 68.0 Å². The maximum atomic E-state index is 13.9. The normalized spacial score (nSPS) is 16.6. The van der Waals surface area contributed by atoms with E-state index in [0.29, 0.717) is 15.8 Å². The molecule has 1 atom stereocenters. The summed E-state index contributed by atoms with van der Waals surface area (Å²) in [6.45, 7) is 1.74. The summed E-state index contributed by atoms with van der Waals surface area (Å²) in [7, 11) is 0. The molecule has 0 bridgehead atoms. The van der Waals surface area contributed by atoms with Crippen molar-refractivity contribution in [1.29, 1.82) is 10.7 Å². The van der Waals surface area contributed by atoms with Gasteiger partial charge in [0.1, 0.15) is 5.54 Å². The van der Waals surface area contributed by atoms with Crippen molar-refractivity contribution in [2.24, 2.45) is 0 Å². The Bertz CT molecular complexity index is 705. The first kappa shape index (κ1) is 19.4. The highest BCUT2D eigenvalue weighted by molar-refractivity contribution is 9.10. The Morgan fingerprint density at radius 3 is 2.36 bits per heavy atom. The second-order valence-electron chi connectivity index (χ2n) is 6.04. The zero-order valence-corrected chi connectivity index (χ0v) is 15.1. The van der Waals surface area contributed by atoms with Gasteiger partial charge in [-0.05, 0) is 37.0 Å². The van der Waals surface area contributed by atoms with Crippen LogP contribution in [0.1, 0.15) is 44.2 Å². The smallest absolute Gasteiger partial charge is 0.303 e. The largest absolute Gasteiger partial charge is 0.413 e. The minimum Gasteiger partial charge on any atom is -0.303 e. The Morgan fingerprint density at radius 2 is 1.96 bits per heavy atom. The molecule has 2 rings (SSSR count). The second-order valence-corrected chi connectivity index (χ2v) is 6.96. The lowest BCUT2D eigenvalue weighted by atomic mass is 10.00. The van der Waals surface area contributed by atoms with E-state index >= 15 is 0 Å². The van der Waals surface area contributed by atoms with Gasteiger partial charge in [-0.15, -0.1) is 0 Å². The highest BCUT2D eigenvalue weighted by atomic mass is 79.9. The predicted molar refractivity (Wildman–Crippen MR) is 90.0 cm³/mol. The van der Waals surface area contributed by atoms with Crippen LogP contribution in [0.2, 0.25) is 0 Å². The average molecular weight is 416 g/mol. The summed E-state index contributed by atoms with van der Waals surface area (Å²) in [6, 6.07) is 5.08. The van der Waals surface area contributed by atoms with Gasteiger partial charge >= 0.3 is 6.18 Å². The summed E-state index contributed by atoms with van der Waals surface area (Å²) in [4.78, 5) is 13.2. The molecule has 0 heterocycles. The summed E-state index contributed by atoms with van der Waals surface area (Å²) in [5.41, 5.74) is -2.03. The van der Waals surface area contributed by atoms with Gasteiger partial charge in [0.05, 0.1) is 11.8 Å². The molecule has 0 saturated heterocycles. The molecule has 0 aromatic heterocycles. The fourth-order valence-corrected chi connectivity index (χ4v) is 2.98. The summed E-state index contributed by atoms with van der Waals surface area (Å²) < 4.78 is 42.2. The average Bonchev–Trinajstić information content (AvgIpc) is 3.33. The van der Waals surface area contributed by atoms with Crippen molar-refractivity contribution in [3.8, 4) is 6.07 Å². The molecule has 25 heavy (non-hydrogen) atoms. The molecule has 0 aliphatic heterocycles. The van der Waals surface area contributed by atoms with Crippen LogP contribution in [0.15, 0.2) is 28.7 Å². The standard InChI is InChI=1S/C17H17BrF3N3O/c1-2-3-13(23)15(25)24(16(10-22)8-9-16)14(17(19,20)21)11-4-6-12(18)7-5-11/h4-7,14,23H,2-3,8-9H2,1H3/t14-/m0/s1. The molecule has 1 aromatic carbocycles. The van der Waals surface area contributed by atoms with Crippen LogP contribution >= 0.6 is 15.9 Å². The van der Waals surface area contributed by atoms with Gasteiger partial charge in [0.25, 0.3) is 5.91 Å². The molecular formula is C17H17BrF3N3O. The van der Waals surface area contributed by atoms with Crippen LogP contribution in [0, 0.1) is 16.7 Å². The Hall–Kier alpha value is -1.88. The first-order valence-electron chi connectivity index (χ1n) is 7.81. The molecule has 0 radical (unpaired) electrons. The lowest BCUT2D eigenvalue weighted by molar-refractivity contribution is -0.194. The number of halogens is 4. The highest BCUT2D eigenvalue weighted by Gasteiger charge is 2.60. The molecule has 134 valence electrons. The third-order valence-electron chi connectivity index (χ3n) is 4.12. The molecule has 1 aromatic rings. The minimum atomic E-state index is -4.76. The number of amides is 1. The molecule has 1 N–H and O–H groups in total. The third kappa shape index (κ3) is 4.03. The van der Waals surface area contributed by atoms with Crippen molar-refractivity contribution < 1.29 is 18.0 Å². The molecular weight excluding hydrogens is 399 g/mol. The summed E-state index contributed by atoms with van der Waals surface area (Å²) >= 11 is 3.17. The van der Waals surface area contributed by atoms with Crippen LogP contribution in [-0.2, 0) is 4.79 Å². The number of hydrogen-bond acceptors (Lipinski definition) is 3. The lowest BCUT2D eigenvalue weighted by Crippen LogP contribution is -2.51. The number of benzene rings is 1. The SMILES string of the molecule is CCCC(=N)C(=O)N([C@@H](c1ccc(Br)cc1)C(F)(F)F)C1(C#N)CC1. The second kappa shape index (κ2) is 7.16. The molecule has 1 fully saturated rings. The van der Waals surface area contributed by atoms with E-state index in [9.17, 15) is 23.2 Å². The highest BCUT2D eigenvalue weighted by Crippen LogP contribution is 2.50. The molecule has 1 saturated carbocycles. The van der Waals surface area contributed by atoms with E-state index in [1.165, 1.54) is 24.3 Å². The van der Waals surface area contributed by atoms with E-state index in [2.05, 4.69) is 15.9 Å². The Balaban J connectivity index is 2.55. The predicted octanol–water partition coefficient (Wildman–Crippen LogP) is 4.76. The Morgan fingerprint density at radius 1 is 1.40 bits per heavy atom. The zero-order valence-electron chi connectivity index (χ0n) is 13.5. The number of rotatable bonds is 6. The summed E-state index contributed by atoms with van der Waals surface area (Å²) in [6.07, 6.45) is -3.87. The Labute approximate surface area is 152 Å². The van der Waals surface area contributed by atoms with Gasteiger partial charge in [-0.3, -0.25) is 10.2 Å². The number of nitrogens with zero attached hydrogens (tertiary/aromatic N) is 2. The van der Waals surface area contributed by atoms with Gasteiger partial charge < -0.3 is 4.90 Å². The molecule has 0 spiro atoms. The lowest BCUT2D eigenvalue weighted by Gasteiger charge is -2.37. The molecule has 8 heteroatoms. The number of nitriles is 1. The number of carbonyl (C=O) groups excluding carboxylic acids is 1. The number of nitrogens with one attached hydrogen (secondary N) is 1. The van der Waals surface area contributed by atoms with Crippen molar-refractivity contribution in [1.82, 2.24) is 4.90 Å². The molecule has 1 aliphatic carbocycles. The van der Waals surface area contributed by atoms with E-state index < -0.39 is 29.4 Å². The van der Waals surface area contributed by atoms with Gasteiger partial charge in [0.2, 0.25) is 0 Å². The van der Waals surface area contributed by atoms with Crippen molar-refractivity contribution >= 4 is 27.5 Å². The van der Waals surface area contributed by atoms with Gasteiger partial charge in [-0.2, -0.15) is 18.4 Å². The van der Waals surface area contributed by atoms with Crippen LogP contribution in [0.5, 0.6) is 0 Å². The Kier molecular flexibility index (Phi) is 5.57. The first-order valence-corrected chi connectivity index (χ1v) is 8.60. The van der Waals surface area contributed by atoms with Crippen LogP contribution < -0.4 is 0 Å². The third-order valence-corrected chi connectivity index (χ3v) is 4.65. The molecule has 1 aliphatic rings. The van der Waals surface area contributed by atoms with E-state index in [1.54, 1.807) is 6.92 Å². The monoisotopic (exact) mass is 415 g/mol. The number of alkyl halides is 3. The van der Waals surface area contributed by atoms with Crippen LogP contribution in [0.3, 0.4) is 0 Å². The van der Waals surface area contributed by atoms with E-state index in [0.717, 1.165) is 0 Å². The maximum Gasteiger partial charge on any atom is 0.413 e. The first-order chi connectivity index (χ1) is 11.7. The van der Waals surface area contributed by atoms with Crippen LogP contribution in [-0.4, -0.2) is 28.2 Å². The van der Waals surface area contributed by atoms with Crippen LogP contribution in [0.4, 0.5) is 13.2 Å². The van der Waals surface area contributed by atoms with Crippen molar-refractivity contribution in [3.05, 3.63) is 34.3 Å². The molecule has 0 unspecified atom stereocenters. The summed E-state index contributed by atoms with van der Waals surface area (Å²) in [5, 5.41) is 17.2. The summed E-state index contributed by atoms with van der Waals surface area (Å²) in [5.74, 6) is -1.02. The van der Waals surface area contributed by atoms with Gasteiger partial charge in [-0.1, -0.05) is 41.4 Å². The van der Waals surface area contributed by atoms with Gasteiger partial charge in [0.15, 0.2) is 6.04 Å². The van der Waals surface area contributed by atoms with Gasteiger partial charge in [-0.25, -0.2) is 0 Å². The fraction of sp³-hybridized carbons (Fsp3) is 0.471. The molecule has 1 amide bonds. The molecule has 4 nitrogen and oxygen atoms in total. The zero-order chi connectivity index (χ0) is 18.8. The number of carbonyl (C=O) groups is 1. The van der Waals surface area contributed by atoms with Crippen molar-refractivity contribution in [2.75, 3.05) is 0 Å².